The van der Waals surface area contributed by atoms with Gasteiger partial charge in [-0.1, -0.05) is 35.3 Å². The molecule has 0 fully saturated rings. The lowest BCUT2D eigenvalue weighted by atomic mass is 9.90. The van der Waals surface area contributed by atoms with Gasteiger partial charge in [-0.05, 0) is 53.1 Å². The lowest BCUT2D eigenvalue weighted by molar-refractivity contribution is 0.100. The number of carbonyl (C=O) groups excluding carboxylic acids is 1. The number of carbonyl (C=O) groups is 1. The van der Waals surface area contributed by atoms with Gasteiger partial charge in [-0.25, -0.2) is 13.4 Å². The highest BCUT2D eigenvalue weighted by molar-refractivity contribution is 7.92. The van der Waals surface area contributed by atoms with Crippen LogP contribution in [-0.2, 0) is 10.0 Å². The highest BCUT2D eigenvalue weighted by atomic mass is 35.5. The van der Waals surface area contributed by atoms with Crippen molar-refractivity contribution in [2.45, 2.75) is 0 Å². The number of aromatic nitrogens is 1. The molecule has 144 valence electrons. The number of nitrogens with zero attached hydrogens (tertiary/aromatic N) is 1. The average Bonchev–Trinajstić information content (AvgIpc) is 2.59. The highest BCUT2D eigenvalue weighted by Gasteiger charge is 2.18. The molecule has 0 spiro atoms. The minimum atomic E-state index is -3.51. The number of primary amides is 1. The van der Waals surface area contributed by atoms with Gasteiger partial charge in [0.15, 0.2) is 0 Å². The Balaban J connectivity index is 2.30. The highest BCUT2D eigenvalue weighted by Crippen LogP contribution is 2.38. The number of hydrogen-bond donors (Lipinski definition) is 2. The van der Waals surface area contributed by atoms with Gasteiger partial charge >= 0.3 is 0 Å². The van der Waals surface area contributed by atoms with Crippen LogP contribution in [0, 0.1) is 0 Å². The number of sulfonamides is 1. The molecule has 0 saturated heterocycles. The van der Waals surface area contributed by atoms with Crippen LogP contribution in [0.5, 0.6) is 0 Å². The Kier molecular flexibility index (Phi) is 5.60. The monoisotopic (exact) mass is 435 g/mol. The summed E-state index contributed by atoms with van der Waals surface area (Å²) in [4.78, 5) is 16.1. The molecule has 0 aliphatic carbocycles. The van der Waals surface area contributed by atoms with Gasteiger partial charge in [-0.3, -0.25) is 9.52 Å². The minimum absolute atomic E-state index is 0.262. The van der Waals surface area contributed by atoms with Crippen LogP contribution in [0.25, 0.3) is 22.3 Å². The van der Waals surface area contributed by atoms with Crippen molar-refractivity contribution in [3.05, 3.63) is 70.5 Å². The average molecular weight is 436 g/mol. The van der Waals surface area contributed by atoms with Crippen molar-refractivity contribution in [3.8, 4) is 22.3 Å². The van der Waals surface area contributed by atoms with Crippen molar-refractivity contribution in [2.75, 3.05) is 11.0 Å². The molecule has 3 N–H and O–H groups in total. The fourth-order valence-electron chi connectivity index (χ4n) is 2.89. The number of nitrogens with one attached hydrogen (secondary N) is 1. The van der Waals surface area contributed by atoms with Crippen LogP contribution >= 0.6 is 23.2 Å². The summed E-state index contributed by atoms with van der Waals surface area (Å²) < 4.78 is 25.6. The number of halogens is 2. The van der Waals surface area contributed by atoms with Crippen molar-refractivity contribution in [1.29, 1.82) is 0 Å². The standard InChI is InChI=1S/C19H15Cl2N3O3S/c1-28(26,27)24-14-8-12(7-13(20)10-14)18-15(3-2-4-16(18)19(22)25)11-5-6-23-17(21)9-11/h2-10,24H,1H3,(H2,22,25). The predicted octanol–water partition coefficient (Wildman–Crippen LogP) is 4.19. The van der Waals surface area contributed by atoms with E-state index >= 15 is 0 Å². The fourth-order valence-corrected chi connectivity index (χ4v) is 3.84. The zero-order valence-corrected chi connectivity index (χ0v) is 16.9. The normalized spacial score (nSPS) is 11.2. The van der Waals surface area contributed by atoms with Crippen LogP contribution in [0.3, 0.4) is 0 Å². The maximum absolute atomic E-state index is 12.1. The van der Waals surface area contributed by atoms with E-state index < -0.39 is 15.9 Å². The van der Waals surface area contributed by atoms with E-state index in [9.17, 15) is 13.2 Å². The molecule has 1 amide bonds. The summed E-state index contributed by atoms with van der Waals surface area (Å²) in [5.74, 6) is -0.630. The Bertz CT molecular complexity index is 1180. The lowest BCUT2D eigenvalue weighted by Gasteiger charge is -2.16. The summed E-state index contributed by atoms with van der Waals surface area (Å²) in [6, 6.07) is 13.2. The summed E-state index contributed by atoms with van der Waals surface area (Å²) in [5, 5.41) is 0.583. The molecule has 1 aromatic heterocycles. The first-order valence-corrected chi connectivity index (χ1v) is 10.6. The Morgan fingerprint density at radius 1 is 1.07 bits per heavy atom. The number of nitrogens with two attached hydrogens (primary N) is 1. The van der Waals surface area contributed by atoms with Gasteiger partial charge in [-0.15, -0.1) is 0 Å². The summed E-state index contributed by atoms with van der Waals surface area (Å²) in [7, 11) is -3.51. The summed E-state index contributed by atoms with van der Waals surface area (Å²) in [6.07, 6.45) is 2.59. The van der Waals surface area contributed by atoms with Gasteiger partial charge in [0.1, 0.15) is 5.15 Å². The van der Waals surface area contributed by atoms with Gasteiger partial charge in [0.25, 0.3) is 0 Å². The van der Waals surface area contributed by atoms with E-state index in [1.165, 1.54) is 6.07 Å². The van der Waals surface area contributed by atoms with Gasteiger partial charge < -0.3 is 5.73 Å². The molecular formula is C19H15Cl2N3O3S. The van der Waals surface area contributed by atoms with Crippen LogP contribution in [0.1, 0.15) is 10.4 Å². The molecule has 6 nitrogen and oxygen atoms in total. The van der Waals surface area contributed by atoms with E-state index in [1.807, 2.05) is 0 Å². The smallest absolute Gasteiger partial charge is 0.249 e. The van der Waals surface area contributed by atoms with Crippen molar-refractivity contribution in [2.24, 2.45) is 5.73 Å². The Morgan fingerprint density at radius 3 is 2.46 bits per heavy atom. The van der Waals surface area contributed by atoms with Crippen LogP contribution < -0.4 is 10.5 Å². The second kappa shape index (κ2) is 7.79. The lowest BCUT2D eigenvalue weighted by Crippen LogP contribution is -2.13. The molecule has 0 aliphatic rings. The SMILES string of the molecule is CS(=O)(=O)Nc1cc(Cl)cc(-c2c(C(N)=O)cccc2-c2ccnc(Cl)c2)c1. The number of benzene rings is 2. The Morgan fingerprint density at radius 2 is 1.82 bits per heavy atom. The molecule has 3 rings (SSSR count). The maximum Gasteiger partial charge on any atom is 0.249 e. The van der Waals surface area contributed by atoms with E-state index in [1.54, 1.807) is 48.7 Å². The topological polar surface area (TPSA) is 102 Å². The molecule has 1 heterocycles. The van der Waals surface area contributed by atoms with Crippen LogP contribution in [0.15, 0.2) is 54.7 Å². The molecular weight excluding hydrogens is 421 g/mol. The third-order valence-corrected chi connectivity index (χ3v) is 4.89. The van der Waals surface area contributed by atoms with Crippen molar-refractivity contribution in [1.82, 2.24) is 4.98 Å². The summed E-state index contributed by atoms with van der Waals surface area (Å²) in [5.41, 5.74) is 8.54. The second-order valence-electron chi connectivity index (χ2n) is 6.06. The molecule has 0 unspecified atom stereocenters. The number of anilines is 1. The Hall–Kier alpha value is -2.61. The van der Waals surface area contributed by atoms with Gasteiger partial charge in [0.05, 0.1) is 11.9 Å². The zero-order chi connectivity index (χ0) is 20.5. The Labute approximate surface area is 172 Å². The van der Waals surface area contributed by atoms with E-state index in [2.05, 4.69) is 9.71 Å². The van der Waals surface area contributed by atoms with Crippen LogP contribution in [0.2, 0.25) is 10.2 Å². The van der Waals surface area contributed by atoms with Crippen molar-refractivity contribution in [3.63, 3.8) is 0 Å². The largest absolute Gasteiger partial charge is 0.366 e. The summed E-state index contributed by atoms with van der Waals surface area (Å²) in [6.45, 7) is 0. The predicted molar refractivity (Wildman–Crippen MR) is 112 cm³/mol. The quantitative estimate of drug-likeness (QED) is 0.586. The van der Waals surface area contributed by atoms with E-state index in [0.29, 0.717) is 26.9 Å². The molecule has 0 radical (unpaired) electrons. The molecule has 0 saturated carbocycles. The first-order valence-electron chi connectivity index (χ1n) is 7.97. The minimum Gasteiger partial charge on any atom is -0.366 e. The molecule has 0 bridgehead atoms. The number of hydrogen-bond acceptors (Lipinski definition) is 4. The molecule has 0 atom stereocenters. The molecule has 0 aliphatic heterocycles. The van der Waals surface area contributed by atoms with Gasteiger partial charge in [-0.2, -0.15) is 0 Å². The number of amides is 1. The van der Waals surface area contributed by atoms with E-state index in [4.69, 9.17) is 28.9 Å². The second-order valence-corrected chi connectivity index (χ2v) is 8.63. The molecule has 2 aromatic carbocycles. The van der Waals surface area contributed by atoms with Gasteiger partial charge in [0.2, 0.25) is 15.9 Å². The van der Waals surface area contributed by atoms with E-state index in [-0.39, 0.29) is 11.3 Å². The zero-order valence-electron chi connectivity index (χ0n) is 14.6. The third kappa shape index (κ3) is 4.62. The van der Waals surface area contributed by atoms with Gasteiger partial charge in [0, 0.05) is 22.3 Å². The van der Waals surface area contributed by atoms with Crippen LogP contribution in [-0.4, -0.2) is 25.6 Å². The maximum atomic E-state index is 12.1. The summed E-state index contributed by atoms with van der Waals surface area (Å²) >= 11 is 12.2. The first-order chi connectivity index (χ1) is 13.1. The van der Waals surface area contributed by atoms with Crippen molar-refractivity contribution < 1.29 is 13.2 Å². The van der Waals surface area contributed by atoms with Crippen LogP contribution in [0.4, 0.5) is 5.69 Å². The third-order valence-electron chi connectivity index (χ3n) is 3.86. The first kappa shape index (κ1) is 20.1. The van der Waals surface area contributed by atoms with Crippen molar-refractivity contribution >= 4 is 44.8 Å². The number of rotatable bonds is 5. The molecule has 3 aromatic rings. The van der Waals surface area contributed by atoms with E-state index in [0.717, 1.165) is 11.8 Å². The molecule has 9 heteroatoms. The molecule has 28 heavy (non-hydrogen) atoms. The number of pyridine rings is 1. The fraction of sp³-hybridized carbons (Fsp3) is 0.0526.